The van der Waals surface area contributed by atoms with Gasteiger partial charge in [-0.3, -0.25) is 0 Å². The summed E-state index contributed by atoms with van der Waals surface area (Å²) in [5.41, 5.74) is 2.10. The Bertz CT molecular complexity index is 396. The average molecular weight is 189 g/mol. The zero-order valence-electron chi connectivity index (χ0n) is 7.73. The minimum atomic E-state index is -0.967. The van der Waals surface area contributed by atoms with Gasteiger partial charge in [0.1, 0.15) is 5.69 Å². The second-order valence-corrected chi connectivity index (χ2v) is 3.33. The molecule has 3 nitrogen and oxygen atoms in total. The Morgan fingerprint density at radius 2 is 2.29 bits per heavy atom. The summed E-state index contributed by atoms with van der Waals surface area (Å²) in [7, 11) is 0. The fourth-order valence-corrected chi connectivity index (χ4v) is 1.64. The maximum Gasteiger partial charge on any atom is 0.354 e. The van der Waals surface area contributed by atoms with Crippen molar-refractivity contribution in [1.82, 2.24) is 4.98 Å². The molecule has 0 radical (unpaired) electrons. The highest BCUT2D eigenvalue weighted by Crippen LogP contribution is 2.26. The molecule has 0 spiro atoms. The molecule has 0 unspecified atom stereocenters. The van der Waals surface area contributed by atoms with Gasteiger partial charge in [0.25, 0.3) is 0 Å². The van der Waals surface area contributed by atoms with Gasteiger partial charge in [-0.25, -0.2) is 9.78 Å². The molecule has 1 aromatic rings. The fourth-order valence-electron chi connectivity index (χ4n) is 1.64. The predicted molar refractivity (Wildman–Crippen MR) is 53.0 cm³/mol. The van der Waals surface area contributed by atoms with Crippen molar-refractivity contribution in [3.63, 3.8) is 0 Å². The van der Waals surface area contributed by atoms with Crippen molar-refractivity contribution in [3.8, 4) is 0 Å². The van der Waals surface area contributed by atoms with Gasteiger partial charge in [-0.1, -0.05) is 12.1 Å². The molecular formula is C11H11NO2. The molecule has 1 aliphatic carbocycles. The summed E-state index contributed by atoms with van der Waals surface area (Å²) in [5.74, 6) is -0.967. The van der Waals surface area contributed by atoms with Gasteiger partial charge in [0.15, 0.2) is 0 Å². The van der Waals surface area contributed by atoms with Crippen LogP contribution < -0.4 is 0 Å². The van der Waals surface area contributed by atoms with Gasteiger partial charge in [-0.15, -0.1) is 0 Å². The number of pyridine rings is 1. The molecule has 14 heavy (non-hydrogen) atoms. The molecule has 0 aliphatic heterocycles. The minimum absolute atomic E-state index is 0.121. The largest absolute Gasteiger partial charge is 0.477 e. The van der Waals surface area contributed by atoms with E-state index in [2.05, 4.69) is 11.1 Å². The average Bonchev–Trinajstić information content (AvgIpc) is 2.71. The molecule has 0 fully saturated rings. The Kier molecular flexibility index (Phi) is 2.31. The van der Waals surface area contributed by atoms with E-state index in [0.29, 0.717) is 0 Å². The van der Waals surface area contributed by atoms with E-state index in [1.165, 1.54) is 11.6 Å². The number of carboxylic acid groups (broad SMARTS) is 1. The fraction of sp³-hybridized carbons (Fsp3) is 0.273. The lowest BCUT2D eigenvalue weighted by Crippen LogP contribution is -2.01. The van der Waals surface area contributed by atoms with Crippen molar-refractivity contribution < 1.29 is 9.90 Å². The van der Waals surface area contributed by atoms with Gasteiger partial charge < -0.3 is 5.11 Å². The van der Waals surface area contributed by atoms with Crippen molar-refractivity contribution in [2.45, 2.75) is 19.3 Å². The van der Waals surface area contributed by atoms with E-state index >= 15 is 0 Å². The molecule has 0 bridgehead atoms. The predicted octanol–water partition coefficient (Wildman–Crippen LogP) is 2.35. The number of aromatic nitrogens is 1. The number of carboxylic acids is 1. The van der Waals surface area contributed by atoms with E-state index in [9.17, 15) is 4.79 Å². The summed E-state index contributed by atoms with van der Waals surface area (Å²) >= 11 is 0. The molecule has 0 saturated heterocycles. The van der Waals surface area contributed by atoms with Gasteiger partial charge in [0, 0.05) is 0 Å². The van der Waals surface area contributed by atoms with E-state index in [4.69, 9.17) is 5.11 Å². The zero-order valence-corrected chi connectivity index (χ0v) is 7.73. The molecule has 0 atom stereocenters. The second-order valence-electron chi connectivity index (χ2n) is 3.33. The second kappa shape index (κ2) is 3.62. The SMILES string of the molecule is O=C(O)c1cccc(C2=CCCC2)n1. The Morgan fingerprint density at radius 3 is 2.93 bits per heavy atom. The van der Waals surface area contributed by atoms with Crippen molar-refractivity contribution in [1.29, 1.82) is 0 Å². The first-order valence-electron chi connectivity index (χ1n) is 4.67. The van der Waals surface area contributed by atoms with Crippen molar-refractivity contribution >= 4 is 11.5 Å². The van der Waals surface area contributed by atoms with Gasteiger partial charge in [-0.05, 0) is 37.0 Å². The minimum Gasteiger partial charge on any atom is -0.477 e. The number of carbonyl (C=O) groups is 1. The lowest BCUT2D eigenvalue weighted by Gasteiger charge is -2.01. The molecule has 0 saturated carbocycles. The van der Waals surface area contributed by atoms with Crippen LogP contribution >= 0.6 is 0 Å². The Morgan fingerprint density at radius 1 is 1.43 bits per heavy atom. The lowest BCUT2D eigenvalue weighted by molar-refractivity contribution is 0.0690. The van der Waals surface area contributed by atoms with Crippen LogP contribution in [-0.2, 0) is 0 Å². The van der Waals surface area contributed by atoms with Crippen LogP contribution in [0, 0.1) is 0 Å². The first-order chi connectivity index (χ1) is 6.77. The Hall–Kier alpha value is -1.64. The molecule has 1 aliphatic rings. The molecule has 1 aromatic heterocycles. The molecule has 0 aromatic carbocycles. The summed E-state index contributed by atoms with van der Waals surface area (Å²) in [5, 5.41) is 8.77. The monoisotopic (exact) mass is 189 g/mol. The third-order valence-electron chi connectivity index (χ3n) is 2.34. The first kappa shape index (κ1) is 8.94. The van der Waals surface area contributed by atoms with Crippen LogP contribution in [0.15, 0.2) is 24.3 Å². The highest BCUT2D eigenvalue weighted by atomic mass is 16.4. The summed E-state index contributed by atoms with van der Waals surface area (Å²) in [4.78, 5) is 14.8. The quantitative estimate of drug-likeness (QED) is 0.776. The molecule has 1 N–H and O–H groups in total. The van der Waals surface area contributed by atoms with Gasteiger partial charge in [0.2, 0.25) is 0 Å². The van der Waals surface area contributed by atoms with Crippen LogP contribution in [0.25, 0.3) is 5.57 Å². The molecule has 72 valence electrons. The van der Waals surface area contributed by atoms with Crippen molar-refractivity contribution in [2.75, 3.05) is 0 Å². The van der Waals surface area contributed by atoms with Crippen LogP contribution in [0.4, 0.5) is 0 Å². The molecule has 0 amide bonds. The number of hydrogen-bond donors (Lipinski definition) is 1. The van der Waals surface area contributed by atoms with E-state index in [1.54, 1.807) is 6.07 Å². The van der Waals surface area contributed by atoms with Gasteiger partial charge in [0.05, 0.1) is 5.69 Å². The van der Waals surface area contributed by atoms with Crippen molar-refractivity contribution in [2.24, 2.45) is 0 Å². The topological polar surface area (TPSA) is 50.2 Å². The van der Waals surface area contributed by atoms with Crippen molar-refractivity contribution in [3.05, 3.63) is 35.7 Å². The normalized spacial score (nSPS) is 15.3. The van der Waals surface area contributed by atoms with E-state index < -0.39 is 5.97 Å². The summed E-state index contributed by atoms with van der Waals surface area (Å²) in [6.45, 7) is 0. The summed E-state index contributed by atoms with van der Waals surface area (Å²) in [6, 6.07) is 5.12. The Balaban J connectivity index is 2.34. The summed E-state index contributed by atoms with van der Waals surface area (Å²) < 4.78 is 0. The van der Waals surface area contributed by atoms with Crippen LogP contribution in [0.1, 0.15) is 35.4 Å². The number of nitrogens with zero attached hydrogens (tertiary/aromatic N) is 1. The maximum atomic E-state index is 10.7. The maximum absolute atomic E-state index is 10.7. The van der Waals surface area contributed by atoms with Crippen LogP contribution in [0.3, 0.4) is 0 Å². The molecule has 2 rings (SSSR count). The van der Waals surface area contributed by atoms with E-state index in [-0.39, 0.29) is 5.69 Å². The van der Waals surface area contributed by atoms with Crippen LogP contribution in [-0.4, -0.2) is 16.1 Å². The van der Waals surface area contributed by atoms with Gasteiger partial charge in [-0.2, -0.15) is 0 Å². The van der Waals surface area contributed by atoms with Crippen LogP contribution in [0.2, 0.25) is 0 Å². The number of allylic oxidation sites excluding steroid dienone is 2. The third kappa shape index (κ3) is 1.66. The highest BCUT2D eigenvalue weighted by molar-refractivity contribution is 5.85. The molecule has 3 heteroatoms. The van der Waals surface area contributed by atoms with Crippen LogP contribution in [0.5, 0.6) is 0 Å². The first-order valence-corrected chi connectivity index (χ1v) is 4.67. The standard InChI is InChI=1S/C11H11NO2/c13-11(14)10-7-3-6-9(12-10)8-4-1-2-5-8/h3-4,6-7H,1-2,5H2,(H,13,14). The number of hydrogen-bond acceptors (Lipinski definition) is 2. The third-order valence-corrected chi connectivity index (χ3v) is 2.34. The number of rotatable bonds is 2. The van der Waals surface area contributed by atoms with E-state index in [1.807, 2.05) is 6.07 Å². The summed E-state index contributed by atoms with van der Waals surface area (Å²) in [6.07, 6.45) is 5.37. The Labute approximate surface area is 82.1 Å². The smallest absolute Gasteiger partial charge is 0.354 e. The molecule has 1 heterocycles. The van der Waals surface area contributed by atoms with E-state index in [0.717, 1.165) is 25.0 Å². The lowest BCUT2D eigenvalue weighted by atomic mass is 10.1. The zero-order chi connectivity index (χ0) is 9.97. The van der Waals surface area contributed by atoms with Gasteiger partial charge >= 0.3 is 5.97 Å². The molecular weight excluding hydrogens is 178 g/mol. The number of aromatic carboxylic acids is 1. The highest BCUT2D eigenvalue weighted by Gasteiger charge is 2.10.